The fourth-order valence-electron chi connectivity index (χ4n) is 4.53. The fourth-order valence-corrected chi connectivity index (χ4v) is 8.78. The van der Waals surface area contributed by atoms with Crippen LogP contribution >= 0.6 is 7.26 Å². The summed E-state index contributed by atoms with van der Waals surface area (Å²) in [5.74, 6) is 0. The molecule has 0 aliphatic heterocycles. The SMILES string of the molecule is C(=Cc1ccc(C[P+](c2ccccc2)(c2ccccc2)c2ccccc2)cc1)c1ccccc1.[Cl-]. The molecule has 5 aromatic rings. The molecule has 35 heavy (non-hydrogen) atoms. The third kappa shape index (κ3) is 5.63. The maximum atomic E-state index is 2.31. The molecular formula is C33H28ClP. The van der Waals surface area contributed by atoms with Gasteiger partial charge in [0, 0.05) is 0 Å². The van der Waals surface area contributed by atoms with Crippen molar-refractivity contribution in [2.24, 2.45) is 0 Å². The molecule has 0 nitrogen and oxygen atoms in total. The van der Waals surface area contributed by atoms with Gasteiger partial charge in [0.05, 0.1) is 6.16 Å². The van der Waals surface area contributed by atoms with Crippen LogP contribution in [-0.4, -0.2) is 0 Å². The zero-order valence-electron chi connectivity index (χ0n) is 19.5. The van der Waals surface area contributed by atoms with Crippen molar-refractivity contribution in [3.63, 3.8) is 0 Å². The van der Waals surface area contributed by atoms with Gasteiger partial charge in [-0.2, -0.15) is 0 Å². The van der Waals surface area contributed by atoms with E-state index in [4.69, 9.17) is 0 Å². The zero-order valence-corrected chi connectivity index (χ0v) is 21.2. The number of benzene rings is 5. The predicted octanol–water partition coefficient (Wildman–Crippen LogP) is 4.36. The van der Waals surface area contributed by atoms with Crippen LogP contribution in [0.1, 0.15) is 16.7 Å². The van der Waals surface area contributed by atoms with Crippen molar-refractivity contribution >= 4 is 35.3 Å². The minimum absolute atomic E-state index is 0. The van der Waals surface area contributed by atoms with E-state index >= 15 is 0 Å². The highest BCUT2D eigenvalue weighted by Gasteiger charge is 2.45. The summed E-state index contributed by atoms with van der Waals surface area (Å²) in [6, 6.07) is 52.8. The van der Waals surface area contributed by atoms with E-state index in [1.807, 2.05) is 6.07 Å². The number of rotatable bonds is 7. The van der Waals surface area contributed by atoms with Crippen LogP contribution < -0.4 is 28.3 Å². The monoisotopic (exact) mass is 490 g/mol. The highest BCUT2D eigenvalue weighted by molar-refractivity contribution is 7.95. The van der Waals surface area contributed by atoms with Crippen LogP contribution in [0.5, 0.6) is 0 Å². The van der Waals surface area contributed by atoms with Crippen molar-refractivity contribution < 1.29 is 12.4 Å². The second-order valence-corrected chi connectivity index (χ2v) is 11.9. The first-order chi connectivity index (χ1) is 16.8. The lowest BCUT2D eigenvalue weighted by atomic mass is 10.1. The molecule has 5 rings (SSSR count). The van der Waals surface area contributed by atoms with Crippen molar-refractivity contribution in [3.8, 4) is 0 Å². The van der Waals surface area contributed by atoms with E-state index in [0.29, 0.717) is 0 Å². The normalized spacial score (nSPS) is 11.2. The summed E-state index contributed by atoms with van der Waals surface area (Å²) in [5.41, 5.74) is 3.80. The Hall–Kier alpha value is -3.44. The molecule has 0 saturated heterocycles. The van der Waals surface area contributed by atoms with Crippen molar-refractivity contribution in [1.82, 2.24) is 0 Å². The molecule has 0 aliphatic rings. The second kappa shape index (κ2) is 11.8. The summed E-state index contributed by atoms with van der Waals surface area (Å²) in [5, 5.41) is 4.25. The van der Waals surface area contributed by atoms with E-state index < -0.39 is 7.26 Å². The van der Waals surface area contributed by atoms with Crippen LogP contribution in [0.3, 0.4) is 0 Å². The minimum atomic E-state index is -1.87. The molecule has 0 bridgehead atoms. The number of hydrogen-bond donors (Lipinski definition) is 0. The molecule has 0 amide bonds. The van der Waals surface area contributed by atoms with Gasteiger partial charge in [-0.05, 0) is 53.1 Å². The van der Waals surface area contributed by atoms with Gasteiger partial charge in [-0.3, -0.25) is 0 Å². The van der Waals surface area contributed by atoms with Crippen molar-refractivity contribution in [2.45, 2.75) is 6.16 Å². The van der Waals surface area contributed by atoms with Gasteiger partial charge >= 0.3 is 0 Å². The third-order valence-electron chi connectivity index (χ3n) is 6.26. The maximum absolute atomic E-state index is 2.31. The summed E-state index contributed by atoms with van der Waals surface area (Å²) in [4.78, 5) is 0. The first-order valence-electron chi connectivity index (χ1n) is 11.7. The summed E-state index contributed by atoms with van der Waals surface area (Å²) in [6.45, 7) is 0. The molecule has 5 aromatic carbocycles. The molecule has 0 spiro atoms. The van der Waals surface area contributed by atoms with E-state index in [0.717, 1.165) is 6.16 Å². The van der Waals surface area contributed by atoms with Gasteiger partial charge in [0.25, 0.3) is 0 Å². The van der Waals surface area contributed by atoms with Crippen LogP contribution in [-0.2, 0) is 6.16 Å². The summed E-state index contributed by atoms with van der Waals surface area (Å²) < 4.78 is 0. The molecule has 0 saturated carbocycles. The molecule has 0 fully saturated rings. The largest absolute Gasteiger partial charge is 1.00 e. The Morgan fingerprint density at radius 1 is 0.400 bits per heavy atom. The molecule has 0 aliphatic carbocycles. The average Bonchev–Trinajstić information content (AvgIpc) is 2.93. The van der Waals surface area contributed by atoms with Crippen molar-refractivity contribution in [2.75, 3.05) is 0 Å². The lowest BCUT2D eigenvalue weighted by molar-refractivity contribution is -0.00000648. The molecule has 0 heterocycles. The minimum Gasteiger partial charge on any atom is -1.00 e. The molecule has 0 radical (unpaired) electrons. The van der Waals surface area contributed by atoms with Gasteiger partial charge in [-0.1, -0.05) is 121 Å². The van der Waals surface area contributed by atoms with Crippen LogP contribution in [0.2, 0.25) is 0 Å². The smallest absolute Gasteiger partial charge is 0.116 e. The van der Waals surface area contributed by atoms with E-state index in [1.165, 1.54) is 32.6 Å². The molecule has 0 N–H and O–H groups in total. The molecule has 172 valence electrons. The Morgan fingerprint density at radius 2 is 0.743 bits per heavy atom. The Balaban J connectivity index is 0.00000289. The van der Waals surface area contributed by atoms with Gasteiger partial charge in [0.1, 0.15) is 23.2 Å². The van der Waals surface area contributed by atoms with Gasteiger partial charge < -0.3 is 12.4 Å². The quantitative estimate of drug-likeness (QED) is 0.235. The van der Waals surface area contributed by atoms with E-state index in [1.54, 1.807) is 0 Å². The first kappa shape index (κ1) is 24.7. The lowest BCUT2D eigenvalue weighted by Crippen LogP contribution is -3.00. The zero-order chi connectivity index (χ0) is 23.1. The van der Waals surface area contributed by atoms with Crippen LogP contribution in [0.15, 0.2) is 146 Å². The molecule has 2 heteroatoms. The lowest BCUT2D eigenvalue weighted by Gasteiger charge is -2.28. The van der Waals surface area contributed by atoms with Gasteiger partial charge in [0.15, 0.2) is 0 Å². The summed E-state index contributed by atoms with van der Waals surface area (Å²) in [6.07, 6.45) is 5.35. The molecule has 0 unspecified atom stereocenters. The van der Waals surface area contributed by atoms with Crippen LogP contribution in [0.4, 0.5) is 0 Å². The first-order valence-corrected chi connectivity index (χ1v) is 13.7. The van der Waals surface area contributed by atoms with Crippen LogP contribution in [0.25, 0.3) is 12.2 Å². The Kier molecular flexibility index (Phi) is 8.32. The summed E-state index contributed by atoms with van der Waals surface area (Å²) in [7, 11) is -1.87. The van der Waals surface area contributed by atoms with Gasteiger partial charge in [-0.15, -0.1) is 0 Å². The van der Waals surface area contributed by atoms with E-state index in [9.17, 15) is 0 Å². The average molecular weight is 491 g/mol. The molecular weight excluding hydrogens is 463 g/mol. The predicted molar refractivity (Wildman–Crippen MR) is 151 cm³/mol. The summed E-state index contributed by atoms with van der Waals surface area (Å²) >= 11 is 0. The Morgan fingerprint density at radius 3 is 1.14 bits per heavy atom. The highest BCUT2D eigenvalue weighted by atomic mass is 35.5. The molecule has 0 atom stereocenters. The second-order valence-electron chi connectivity index (χ2n) is 8.46. The fraction of sp³-hybridized carbons (Fsp3) is 0.0303. The van der Waals surface area contributed by atoms with Gasteiger partial charge in [0.2, 0.25) is 0 Å². The van der Waals surface area contributed by atoms with Crippen molar-refractivity contribution in [1.29, 1.82) is 0 Å². The topological polar surface area (TPSA) is 0 Å². The molecule has 0 aromatic heterocycles. The Bertz CT molecular complexity index is 1230. The van der Waals surface area contributed by atoms with Crippen molar-refractivity contribution in [3.05, 3.63) is 162 Å². The van der Waals surface area contributed by atoms with Gasteiger partial charge in [-0.25, -0.2) is 0 Å². The van der Waals surface area contributed by atoms with E-state index in [-0.39, 0.29) is 12.4 Å². The maximum Gasteiger partial charge on any atom is 0.116 e. The highest BCUT2D eigenvalue weighted by Crippen LogP contribution is 2.58. The number of hydrogen-bond acceptors (Lipinski definition) is 0. The standard InChI is InChI=1S/C33H28P.ClH/c1-5-13-28(14-6-1)21-22-29-23-25-30(26-24-29)27-34(31-15-7-2-8-16-31,32-17-9-3-10-18-32)33-19-11-4-12-20-33;/h1-26H,27H2;1H/q+1;/p-1. The number of halogens is 1. The Labute approximate surface area is 215 Å². The van der Waals surface area contributed by atoms with Crippen LogP contribution in [0, 0.1) is 0 Å². The van der Waals surface area contributed by atoms with E-state index in [2.05, 4.69) is 152 Å². The third-order valence-corrected chi connectivity index (χ3v) is 10.6.